The molecule has 2 atom stereocenters. The number of benzene rings is 1. The second kappa shape index (κ2) is 15.2. The average Bonchev–Trinajstić information content (AvgIpc) is 3.35. The largest absolute Gasteiger partial charge is 0.417 e. The summed E-state index contributed by atoms with van der Waals surface area (Å²) in [6, 6.07) is 4.12. The zero-order chi connectivity index (χ0) is 33.1. The summed E-state index contributed by atoms with van der Waals surface area (Å²) >= 11 is 1.10. The second-order valence-corrected chi connectivity index (χ2v) is 15.8. The van der Waals surface area contributed by atoms with Crippen LogP contribution in [0.4, 0.5) is 17.6 Å². The molecule has 2 aromatic rings. The van der Waals surface area contributed by atoms with E-state index in [2.05, 4.69) is 9.80 Å². The van der Waals surface area contributed by atoms with Crippen LogP contribution in [0.1, 0.15) is 55.3 Å². The van der Waals surface area contributed by atoms with Gasteiger partial charge in [-0.15, -0.1) is 11.8 Å². The number of piperidine rings is 2. The minimum atomic E-state index is -4.56. The topological polar surface area (TPSA) is 102 Å². The van der Waals surface area contributed by atoms with Crippen molar-refractivity contribution >= 4 is 21.8 Å². The van der Waals surface area contributed by atoms with Crippen LogP contribution in [0.2, 0.25) is 0 Å². The number of fused-ring (bicyclic) bond motifs is 1. The maximum Gasteiger partial charge on any atom is 0.417 e. The third kappa shape index (κ3) is 8.83. The highest BCUT2D eigenvalue weighted by Gasteiger charge is 2.35. The fraction of sp³-hybridized carbons (Fsp3) is 0.710. The zero-order valence-corrected chi connectivity index (χ0v) is 27.9. The standard InChI is InChI=1S/C31H45F4N5O4S2/c1-46(43,44)39-14-9-28-26(21-39)30(36-40(28)20-25(42)19-38-11-3-2-4-24(38)10-16-41)22-5-6-27(31(33,34)35)29(18-22)45-17-15-37-12-7-23(32)8-13-37/h5-6,18,23-25,41-42H,2-4,7-17,19-21H2,1H3/t24?,25-/m0/s1. The van der Waals surface area contributed by atoms with Crippen LogP contribution in [-0.4, -0.2) is 119 Å². The van der Waals surface area contributed by atoms with Crippen LogP contribution in [0.5, 0.6) is 0 Å². The lowest BCUT2D eigenvalue weighted by Gasteiger charge is -2.36. The molecule has 5 rings (SSSR count). The molecule has 1 aromatic carbocycles. The number of halogens is 4. The Morgan fingerprint density at radius 1 is 1.09 bits per heavy atom. The summed E-state index contributed by atoms with van der Waals surface area (Å²) in [5.41, 5.74) is 1.51. The van der Waals surface area contributed by atoms with Crippen LogP contribution in [0.15, 0.2) is 23.1 Å². The number of nitrogens with zero attached hydrogens (tertiary/aromatic N) is 5. The molecule has 2 fully saturated rings. The Morgan fingerprint density at radius 2 is 1.85 bits per heavy atom. The lowest BCUT2D eigenvalue weighted by Crippen LogP contribution is -2.45. The number of likely N-dealkylation sites (tertiary alicyclic amines) is 2. The molecule has 2 N–H and O–H groups in total. The summed E-state index contributed by atoms with van der Waals surface area (Å²) < 4.78 is 83.8. The second-order valence-electron chi connectivity index (χ2n) is 12.7. The van der Waals surface area contributed by atoms with Crippen molar-refractivity contribution in [1.82, 2.24) is 23.9 Å². The van der Waals surface area contributed by atoms with Gasteiger partial charge in [-0.3, -0.25) is 9.58 Å². The first-order chi connectivity index (χ1) is 21.8. The molecule has 0 amide bonds. The highest BCUT2D eigenvalue weighted by molar-refractivity contribution is 7.99. The van der Waals surface area contributed by atoms with E-state index in [0.717, 1.165) is 55.6 Å². The predicted octanol–water partition coefficient (Wildman–Crippen LogP) is 4.01. The first kappa shape index (κ1) is 35.6. The van der Waals surface area contributed by atoms with E-state index in [0.29, 0.717) is 74.4 Å². The van der Waals surface area contributed by atoms with Crippen LogP contribution in [0.25, 0.3) is 11.3 Å². The average molecular weight is 692 g/mol. The summed E-state index contributed by atoms with van der Waals surface area (Å²) in [5, 5.41) is 25.5. The Labute approximate surface area is 273 Å². The van der Waals surface area contributed by atoms with E-state index in [1.54, 1.807) is 4.68 Å². The van der Waals surface area contributed by atoms with Gasteiger partial charge in [0.15, 0.2) is 0 Å². The molecule has 2 saturated heterocycles. The first-order valence-corrected chi connectivity index (χ1v) is 18.9. The fourth-order valence-corrected chi connectivity index (χ4v) is 8.77. The van der Waals surface area contributed by atoms with E-state index in [1.165, 1.54) is 16.4 Å². The smallest absolute Gasteiger partial charge is 0.396 e. The van der Waals surface area contributed by atoms with Crippen LogP contribution in [0.3, 0.4) is 0 Å². The Morgan fingerprint density at radius 3 is 2.54 bits per heavy atom. The number of hydrogen-bond acceptors (Lipinski definition) is 8. The maximum atomic E-state index is 14.1. The molecule has 9 nitrogen and oxygen atoms in total. The van der Waals surface area contributed by atoms with E-state index in [9.17, 15) is 36.2 Å². The Kier molecular flexibility index (Phi) is 11.8. The van der Waals surface area contributed by atoms with Gasteiger partial charge in [-0.05, 0) is 50.8 Å². The van der Waals surface area contributed by atoms with Crippen molar-refractivity contribution in [2.24, 2.45) is 0 Å². The zero-order valence-electron chi connectivity index (χ0n) is 26.3. The molecule has 3 aliphatic heterocycles. The number of rotatable bonds is 12. The summed E-state index contributed by atoms with van der Waals surface area (Å²) in [4.78, 5) is 4.33. The van der Waals surface area contributed by atoms with E-state index in [-0.39, 0.29) is 37.2 Å². The van der Waals surface area contributed by atoms with Crippen molar-refractivity contribution in [3.8, 4) is 11.3 Å². The molecule has 0 radical (unpaired) electrons. The number of aromatic nitrogens is 2. The minimum absolute atomic E-state index is 0.0400. The highest BCUT2D eigenvalue weighted by Crippen LogP contribution is 2.40. The molecule has 4 heterocycles. The monoisotopic (exact) mass is 691 g/mol. The van der Waals surface area contributed by atoms with Gasteiger partial charge in [-0.1, -0.05) is 12.5 Å². The lowest BCUT2D eigenvalue weighted by molar-refractivity contribution is -0.139. The number of hydrogen-bond donors (Lipinski definition) is 2. The van der Waals surface area contributed by atoms with Crippen LogP contribution >= 0.6 is 11.8 Å². The lowest BCUT2D eigenvalue weighted by atomic mass is 9.99. The molecule has 0 saturated carbocycles. The third-order valence-corrected chi connectivity index (χ3v) is 11.6. The predicted molar refractivity (Wildman–Crippen MR) is 170 cm³/mol. The van der Waals surface area contributed by atoms with Crippen molar-refractivity contribution in [3.63, 3.8) is 0 Å². The molecule has 0 spiro atoms. The summed E-state index contributed by atoms with van der Waals surface area (Å²) in [5.74, 6) is 0.401. The molecular weight excluding hydrogens is 646 g/mol. The summed E-state index contributed by atoms with van der Waals surface area (Å²) in [6.45, 7) is 3.45. The fourth-order valence-electron chi connectivity index (χ4n) is 6.87. The normalized spacial score (nSPS) is 21.8. The van der Waals surface area contributed by atoms with Gasteiger partial charge < -0.3 is 15.1 Å². The summed E-state index contributed by atoms with van der Waals surface area (Å²) in [6.07, 6.45) is -0.124. The Hall–Kier alpha value is -1.75. The van der Waals surface area contributed by atoms with Crippen LogP contribution in [0, 0.1) is 0 Å². The molecular formula is C31H45F4N5O4S2. The summed E-state index contributed by atoms with van der Waals surface area (Å²) in [7, 11) is -3.53. The Balaban J connectivity index is 1.42. The minimum Gasteiger partial charge on any atom is -0.396 e. The van der Waals surface area contributed by atoms with Gasteiger partial charge in [0.2, 0.25) is 10.0 Å². The van der Waals surface area contributed by atoms with Crippen molar-refractivity contribution in [2.45, 2.75) is 87.4 Å². The van der Waals surface area contributed by atoms with E-state index >= 15 is 0 Å². The number of aliphatic hydroxyl groups excluding tert-OH is 2. The molecule has 258 valence electrons. The van der Waals surface area contributed by atoms with Crippen molar-refractivity contribution < 1.29 is 36.2 Å². The van der Waals surface area contributed by atoms with Gasteiger partial charge in [0.05, 0.1) is 30.2 Å². The quantitative estimate of drug-likeness (QED) is 0.255. The van der Waals surface area contributed by atoms with E-state index in [4.69, 9.17) is 5.10 Å². The SMILES string of the molecule is CS(=O)(=O)N1CCc2c(c(-c3ccc(C(F)(F)F)c(SCCN4CCC(F)CC4)c3)nn2C[C@@H](O)CN2CCCCC2CCO)C1. The molecule has 0 aliphatic carbocycles. The van der Waals surface area contributed by atoms with Crippen LogP contribution in [-0.2, 0) is 35.7 Å². The van der Waals surface area contributed by atoms with Gasteiger partial charge in [0.25, 0.3) is 0 Å². The highest BCUT2D eigenvalue weighted by atomic mass is 32.2. The number of aliphatic hydroxyl groups is 2. The third-order valence-electron chi connectivity index (χ3n) is 9.35. The van der Waals surface area contributed by atoms with Gasteiger partial charge >= 0.3 is 6.18 Å². The maximum absolute atomic E-state index is 14.1. The van der Waals surface area contributed by atoms with Crippen LogP contribution < -0.4 is 0 Å². The molecule has 46 heavy (non-hydrogen) atoms. The van der Waals surface area contributed by atoms with Gasteiger partial charge in [-0.25, -0.2) is 12.8 Å². The van der Waals surface area contributed by atoms with Gasteiger partial charge in [0, 0.05) is 85.8 Å². The number of alkyl halides is 4. The van der Waals surface area contributed by atoms with Crippen molar-refractivity contribution in [3.05, 3.63) is 35.0 Å². The molecule has 3 aliphatic rings. The first-order valence-electron chi connectivity index (χ1n) is 16.1. The van der Waals surface area contributed by atoms with Crippen molar-refractivity contribution in [1.29, 1.82) is 0 Å². The van der Waals surface area contributed by atoms with Crippen molar-refractivity contribution in [2.75, 3.05) is 57.9 Å². The molecule has 1 aromatic heterocycles. The number of β-amino-alcohol motifs (C(OH)–C–C–N with tert-alkyl or cyclic N) is 1. The molecule has 1 unspecified atom stereocenters. The van der Waals surface area contributed by atoms with Gasteiger partial charge in [-0.2, -0.15) is 22.6 Å². The molecule has 15 heteroatoms. The van der Waals surface area contributed by atoms with E-state index in [1.807, 2.05) is 0 Å². The molecule has 0 bridgehead atoms. The Bertz CT molecular complexity index is 1430. The van der Waals surface area contributed by atoms with E-state index < -0.39 is 34.0 Å². The number of sulfonamides is 1. The van der Waals surface area contributed by atoms with Gasteiger partial charge in [0.1, 0.15) is 6.17 Å². The number of thioether (sulfide) groups is 1.